The minimum Gasteiger partial charge on any atom is -0.496 e. The third-order valence-electron chi connectivity index (χ3n) is 5.24. The van der Waals surface area contributed by atoms with Gasteiger partial charge in [-0.2, -0.15) is 0 Å². The zero-order valence-electron chi connectivity index (χ0n) is 17.2. The molecule has 3 N–H and O–H groups in total. The highest BCUT2D eigenvalue weighted by Crippen LogP contribution is 2.29. The summed E-state index contributed by atoms with van der Waals surface area (Å²) in [5, 5.41) is 3.13. The van der Waals surface area contributed by atoms with E-state index < -0.39 is 34.3 Å². The van der Waals surface area contributed by atoms with Crippen LogP contribution in [0.3, 0.4) is 0 Å². The fourth-order valence-corrected chi connectivity index (χ4v) is 5.09. The van der Waals surface area contributed by atoms with Gasteiger partial charge in [0.1, 0.15) is 12.3 Å². The van der Waals surface area contributed by atoms with Crippen molar-refractivity contribution in [2.45, 2.75) is 24.7 Å². The van der Waals surface area contributed by atoms with Crippen molar-refractivity contribution in [2.75, 3.05) is 25.9 Å². The summed E-state index contributed by atoms with van der Waals surface area (Å²) >= 11 is 6.10. The molecule has 2 aromatic carbocycles. The number of amides is 2. The molecule has 1 fully saturated rings. The molecule has 1 aliphatic rings. The van der Waals surface area contributed by atoms with E-state index in [1.54, 1.807) is 31.2 Å². The van der Waals surface area contributed by atoms with Crippen LogP contribution in [0.15, 0.2) is 41.3 Å². The molecule has 0 radical (unpaired) electrons. The molecule has 1 aliphatic heterocycles. The lowest BCUT2D eigenvalue weighted by molar-refractivity contribution is -0.136. The number of nitrogens with zero attached hydrogens (tertiary/aromatic N) is 1. The van der Waals surface area contributed by atoms with E-state index in [2.05, 4.69) is 5.32 Å². The van der Waals surface area contributed by atoms with Gasteiger partial charge in [0.15, 0.2) is 0 Å². The van der Waals surface area contributed by atoms with Crippen molar-refractivity contribution in [1.29, 1.82) is 0 Å². The molecule has 0 saturated carbocycles. The van der Waals surface area contributed by atoms with E-state index in [9.17, 15) is 18.0 Å². The lowest BCUT2D eigenvalue weighted by Gasteiger charge is -2.29. The molecule has 1 atom stereocenters. The average molecular weight is 466 g/mol. The number of benzene rings is 2. The van der Waals surface area contributed by atoms with E-state index in [0.717, 1.165) is 0 Å². The average Bonchev–Trinajstić information content (AvgIpc) is 2.72. The molecule has 8 nitrogen and oxygen atoms in total. The molecule has 166 valence electrons. The summed E-state index contributed by atoms with van der Waals surface area (Å²) in [5.41, 5.74) is 7.54. The molecule has 31 heavy (non-hydrogen) atoms. The van der Waals surface area contributed by atoms with Crippen molar-refractivity contribution in [3.63, 3.8) is 0 Å². The fourth-order valence-electron chi connectivity index (χ4n) is 3.45. The third-order valence-corrected chi connectivity index (χ3v) is 7.22. The molecule has 0 bridgehead atoms. The number of hydrogen-bond donors (Lipinski definition) is 2. The number of halogens is 1. The largest absolute Gasteiger partial charge is 0.496 e. The third kappa shape index (κ3) is 4.94. The molecular formula is C21H24ClN3O5S. The van der Waals surface area contributed by atoms with Gasteiger partial charge in [-0.15, -0.1) is 0 Å². The normalized spacial score (nSPS) is 17.6. The van der Waals surface area contributed by atoms with Gasteiger partial charge < -0.3 is 15.8 Å². The van der Waals surface area contributed by atoms with E-state index in [1.807, 2.05) is 0 Å². The molecule has 0 spiro atoms. The van der Waals surface area contributed by atoms with Gasteiger partial charge in [0.25, 0.3) is 10.0 Å². The van der Waals surface area contributed by atoms with Crippen LogP contribution in [-0.2, 0) is 26.0 Å². The van der Waals surface area contributed by atoms with Crippen LogP contribution in [0.1, 0.15) is 17.5 Å². The van der Waals surface area contributed by atoms with E-state index in [0.29, 0.717) is 26.2 Å². The Labute approximate surface area is 186 Å². The van der Waals surface area contributed by atoms with Gasteiger partial charge >= 0.3 is 0 Å². The number of carbonyl (C=O) groups is 2. The Morgan fingerprint density at radius 3 is 2.65 bits per heavy atom. The van der Waals surface area contributed by atoms with Crippen molar-refractivity contribution >= 4 is 39.1 Å². The molecule has 1 unspecified atom stereocenters. The minimum atomic E-state index is -4.29. The van der Waals surface area contributed by atoms with Crippen LogP contribution in [0.5, 0.6) is 5.75 Å². The maximum atomic E-state index is 13.4. The first-order valence-corrected chi connectivity index (χ1v) is 11.5. The molecular weight excluding hydrogens is 442 g/mol. The Morgan fingerprint density at radius 2 is 1.97 bits per heavy atom. The highest BCUT2D eigenvalue weighted by molar-refractivity contribution is 7.89. The summed E-state index contributed by atoms with van der Waals surface area (Å²) in [6, 6.07) is 9.28. The van der Waals surface area contributed by atoms with Gasteiger partial charge in [0.2, 0.25) is 11.8 Å². The van der Waals surface area contributed by atoms with Crippen LogP contribution < -0.4 is 15.8 Å². The van der Waals surface area contributed by atoms with Crippen LogP contribution in [0.4, 0.5) is 5.69 Å². The number of hydrogen-bond acceptors (Lipinski definition) is 6. The summed E-state index contributed by atoms with van der Waals surface area (Å²) in [6.45, 7) is 1.40. The minimum absolute atomic E-state index is 0.142. The lowest BCUT2D eigenvalue weighted by Crippen LogP contribution is -2.49. The molecule has 3 rings (SSSR count). The van der Waals surface area contributed by atoms with Gasteiger partial charge in [-0.3, -0.25) is 9.59 Å². The Kier molecular flexibility index (Phi) is 6.76. The number of sulfonamides is 1. The first-order chi connectivity index (χ1) is 14.6. The number of ether oxygens (including phenoxy) is 1. The van der Waals surface area contributed by atoms with Crippen molar-refractivity contribution in [3.05, 3.63) is 52.5 Å². The van der Waals surface area contributed by atoms with Gasteiger partial charge in [0.05, 0.1) is 12.0 Å². The number of nitrogens with two attached hydrogens (primary N) is 1. The summed E-state index contributed by atoms with van der Waals surface area (Å²) in [5.74, 6) is -1.36. The van der Waals surface area contributed by atoms with E-state index >= 15 is 0 Å². The topological polar surface area (TPSA) is 119 Å². The van der Waals surface area contributed by atoms with Gasteiger partial charge in [0, 0.05) is 23.2 Å². The molecule has 1 heterocycles. The van der Waals surface area contributed by atoms with Crippen LogP contribution >= 0.6 is 11.6 Å². The Bertz CT molecular complexity index is 1120. The van der Waals surface area contributed by atoms with Gasteiger partial charge in [-0.25, -0.2) is 12.7 Å². The first-order valence-electron chi connectivity index (χ1n) is 9.65. The molecule has 0 aromatic heterocycles. The van der Waals surface area contributed by atoms with Gasteiger partial charge in [-0.1, -0.05) is 17.7 Å². The van der Waals surface area contributed by atoms with Crippen LogP contribution in [0, 0.1) is 12.8 Å². The number of nitrogen functional groups attached to an aromatic ring is 1. The SMILES string of the molecule is COc1ccc(Cl)cc1CC1CCNC(=O)CN(S(=O)(=O)c2ccc(C)c(N)c2)C1=O. The van der Waals surface area contributed by atoms with Crippen molar-refractivity contribution in [1.82, 2.24) is 9.62 Å². The summed E-state index contributed by atoms with van der Waals surface area (Å²) in [4.78, 5) is 25.4. The number of carbonyl (C=O) groups excluding carboxylic acids is 2. The Morgan fingerprint density at radius 1 is 1.23 bits per heavy atom. The zero-order chi connectivity index (χ0) is 22.8. The van der Waals surface area contributed by atoms with Crippen molar-refractivity contribution in [3.8, 4) is 5.75 Å². The van der Waals surface area contributed by atoms with E-state index in [-0.39, 0.29) is 30.0 Å². The quantitative estimate of drug-likeness (QED) is 0.653. The molecule has 1 saturated heterocycles. The van der Waals surface area contributed by atoms with E-state index in [4.69, 9.17) is 22.1 Å². The molecule has 2 aromatic rings. The number of methoxy groups -OCH3 is 1. The number of rotatable bonds is 5. The predicted molar refractivity (Wildman–Crippen MR) is 117 cm³/mol. The highest BCUT2D eigenvalue weighted by atomic mass is 35.5. The Balaban J connectivity index is 1.99. The molecule has 10 heteroatoms. The summed E-state index contributed by atoms with van der Waals surface area (Å²) < 4.78 is 32.5. The monoisotopic (exact) mass is 465 g/mol. The second kappa shape index (κ2) is 9.15. The van der Waals surface area contributed by atoms with E-state index in [1.165, 1.54) is 19.2 Å². The first kappa shape index (κ1) is 22.9. The number of aryl methyl sites for hydroxylation is 1. The zero-order valence-corrected chi connectivity index (χ0v) is 18.8. The van der Waals surface area contributed by atoms with Crippen molar-refractivity contribution in [2.24, 2.45) is 5.92 Å². The lowest BCUT2D eigenvalue weighted by atomic mass is 9.94. The number of nitrogens with one attached hydrogen (secondary N) is 1. The molecule has 0 aliphatic carbocycles. The predicted octanol–water partition coefficient (Wildman–Crippen LogP) is 2.14. The standard InChI is InChI=1S/C21H24ClN3O5S/c1-13-3-5-17(11-18(13)23)31(28,29)25-12-20(26)24-8-7-14(21(25)27)9-15-10-16(22)4-6-19(15)30-2/h3-6,10-11,14H,7-9,12,23H2,1-2H3,(H,24,26). The summed E-state index contributed by atoms with van der Waals surface area (Å²) in [7, 11) is -2.78. The van der Waals surface area contributed by atoms with Crippen LogP contribution in [0.2, 0.25) is 5.02 Å². The second-order valence-corrected chi connectivity index (χ2v) is 9.66. The fraction of sp³-hybridized carbons (Fsp3) is 0.333. The maximum absolute atomic E-state index is 13.4. The second-order valence-electron chi connectivity index (χ2n) is 7.36. The maximum Gasteiger partial charge on any atom is 0.267 e. The summed E-state index contributed by atoms with van der Waals surface area (Å²) in [6.07, 6.45) is 0.475. The smallest absolute Gasteiger partial charge is 0.267 e. The highest BCUT2D eigenvalue weighted by Gasteiger charge is 2.37. The van der Waals surface area contributed by atoms with Crippen LogP contribution in [-0.4, -0.2) is 44.7 Å². The molecule has 2 amide bonds. The number of anilines is 1. The Hall–Kier alpha value is -2.78. The van der Waals surface area contributed by atoms with Crippen LogP contribution in [0.25, 0.3) is 0 Å². The van der Waals surface area contributed by atoms with Crippen molar-refractivity contribution < 1.29 is 22.7 Å². The van der Waals surface area contributed by atoms with Gasteiger partial charge in [-0.05, 0) is 61.2 Å².